The molecule has 0 saturated heterocycles. The van der Waals surface area contributed by atoms with Gasteiger partial charge in [0.1, 0.15) is 0 Å². The average molecular weight is 281 g/mol. The molecule has 1 heterocycles. The van der Waals surface area contributed by atoms with Crippen LogP contribution in [0.5, 0.6) is 0 Å². The Morgan fingerprint density at radius 2 is 2.05 bits per heavy atom. The van der Waals surface area contributed by atoms with E-state index < -0.39 is 0 Å². The number of nitrogens with two attached hydrogens (primary N) is 1. The summed E-state index contributed by atoms with van der Waals surface area (Å²) in [6.07, 6.45) is 6.35. The van der Waals surface area contributed by atoms with Gasteiger partial charge in [0.25, 0.3) is 0 Å². The highest BCUT2D eigenvalue weighted by Gasteiger charge is 2.09. The summed E-state index contributed by atoms with van der Waals surface area (Å²) in [4.78, 5) is 13.7. The molecule has 0 aliphatic carbocycles. The van der Waals surface area contributed by atoms with Gasteiger partial charge in [-0.25, -0.2) is 0 Å². The predicted octanol–water partition coefficient (Wildman–Crippen LogP) is 1.21. The van der Waals surface area contributed by atoms with Gasteiger partial charge in [-0.15, -0.1) is 5.10 Å². The third-order valence-corrected chi connectivity index (χ3v) is 3.37. The lowest BCUT2D eigenvalue weighted by atomic mass is 10.2. The van der Waals surface area contributed by atoms with Crippen LogP contribution in [0.2, 0.25) is 0 Å². The lowest BCUT2D eigenvalue weighted by Gasteiger charge is -2.18. The number of aromatic nitrogens is 3. The van der Waals surface area contributed by atoms with Gasteiger partial charge in [0, 0.05) is 32.3 Å². The summed E-state index contributed by atoms with van der Waals surface area (Å²) >= 11 is 0. The van der Waals surface area contributed by atoms with Gasteiger partial charge in [0.15, 0.2) is 0 Å². The fourth-order valence-corrected chi connectivity index (χ4v) is 2.14. The summed E-state index contributed by atoms with van der Waals surface area (Å²) in [5.74, 6) is 0.221. The Kier molecular flexibility index (Phi) is 7.87. The monoisotopic (exact) mass is 281 g/mol. The lowest BCUT2D eigenvalue weighted by Crippen LogP contribution is -2.30. The van der Waals surface area contributed by atoms with Crippen molar-refractivity contribution in [2.45, 2.75) is 52.5 Å². The Morgan fingerprint density at radius 3 is 2.70 bits per heavy atom. The summed E-state index contributed by atoms with van der Waals surface area (Å²) in [6, 6.07) is 0. The maximum Gasteiger partial charge on any atom is 0.222 e. The minimum absolute atomic E-state index is 0.221. The first-order valence-corrected chi connectivity index (χ1v) is 7.58. The van der Waals surface area contributed by atoms with E-state index in [1.54, 1.807) is 0 Å². The van der Waals surface area contributed by atoms with Crippen molar-refractivity contribution in [3.8, 4) is 0 Å². The predicted molar refractivity (Wildman–Crippen MR) is 79.2 cm³/mol. The number of nitrogens with zero attached hydrogens (tertiary/aromatic N) is 4. The van der Waals surface area contributed by atoms with Gasteiger partial charge in [-0.05, 0) is 46.1 Å². The summed E-state index contributed by atoms with van der Waals surface area (Å²) in [5, 5.41) is 8.22. The molecule has 0 aliphatic heterocycles. The Bertz CT molecular complexity index is 387. The van der Waals surface area contributed by atoms with E-state index in [0.717, 1.165) is 57.6 Å². The van der Waals surface area contributed by atoms with Gasteiger partial charge in [-0.2, -0.15) is 0 Å². The second-order valence-corrected chi connectivity index (χ2v) is 4.89. The average Bonchev–Trinajstić information content (AvgIpc) is 2.88. The Morgan fingerprint density at radius 1 is 1.30 bits per heavy atom. The number of aryl methyl sites for hydroxylation is 2. The van der Waals surface area contributed by atoms with E-state index in [2.05, 4.69) is 10.3 Å². The smallest absolute Gasteiger partial charge is 0.222 e. The van der Waals surface area contributed by atoms with Crippen LogP contribution in [0.25, 0.3) is 0 Å². The molecule has 1 aromatic rings. The number of carbonyl (C=O) groups excluding carboxylic acids is 1. The van der Waals surface area contributed by atoms with Gasteiger partial charge in [-0.1, -0.05) is 5.21 Å². The van der Waals surface area contributed by atoms with Crippen molar-refractivity contribution in [3.63, 3.8) is 0 Å². The maximum absolute atomic E-state index is 11.8. The minimum Gasteiger partial charge on any atom is -0.343 e. The molecule has 6 nitrogen and oxygen atoms in total. The third-order valence-electron chi connectivity index (χ3n) is 3.37. The topological polar surface area (TPSA) is 77.0 Å². The van der Waals surface area contributed by atoms with E-state index in [9.17, 15) is 4.79 Å². The molecule has 0 unspecified atom stereocenters. The molecule has 114 valence electrons. The molecule has 0 aliphatic rings. The van der Waals surface area contributed by atoms with Crippen LogP contribution in [0.4, 0.5) is 0 Å². The molecule has 0 fully saturated rings. The maximum atomic E-state index is 11.8. The summed E-state index contributed by atoms with van der Waals surface area (Å²) in [7, 11) is 0. The van der Waals surface area contributed by atoms with Gasteiger partial charge in [0.05, 0.1) is 5.69 Å². The van der Waals surface area contributed by atoms with Crippen molar-refractivity contribution in [1.82, 2.24) is 19.9 Å². The number of unbranched alkanes of at least 4 members (excludes halogenated alkanes) is 1. The summed E-state index contributed by atoms with van der Waals surface area (Å²) in [6.45, 7) is 7.05. The molecule has 1 amide bonds. The highest BCUT2D eigenvalue weighted by atomic mass is 16.2. The van der Waals surface area contributed by atoms with Gasteiger partial charge in [0.2, 0.25) is 5.91 Å². The number of carbonyl (C=O) groups is 1. The molecule has 0 radical (unpaired) electrons. The van der Waals surface area contributed by atoms with Crippen LogP contribution < -0.4 is 5.73 Å². The molecular formula is C14H27N5O. The third kappa shape index (κ3) is 5.69. The highest BCUT2D eigenvalue weighted by molar-refractivity contribution is 5.75. The molecule has 0 atom stereocenters. The molecule has 6 heteroatoms. The minimum atomic E-state index is 0.221. The molecule has 2 N–H and O–H groups in total. The quantitative estimate of drug-likeness (QED) is 0.654. The molecule has 0 aromatic carbocycles. The van der Waals surface area contributed by atoms with Crippen LogP contribution in [0.1, 0.15) is 45.2 Å². The van der Waals surface area contributed by atoms with Crippen LogP contribution in [0, 0.1) is 0 Å². The largest absolute Gasteiger partial charge is 0.343 e. The molecule has 20 heavy (non-hydrogen) atoms. The first kappa shape index (κ1) is 16.6. The Hall–Kier alpha value is -1.43. The van der Waals surface area contributed by atoms with Crippen molar-refractivity contribution < 1.29 is 4.79 Å². The second-order valence-electron chi connectivity index (χ2n) is 4.89. The first-order chi connectivity index (χ1) is 9.71. The van der Waals surface area contributed by atoms with Crippen molar-refractivity contribution in [3.05, 3.63) is 11.9 Å². The zero-order valence-electron chi connectivity index (χ0n) is 12.7. The van der Waals surface area contributed by atoms with Gasteiger partial charge < -0.3 is 10.6 Å². The zero-order chi connectivity index (χ0) is 14.8. The molecule has 1 rings (SSSR count). The Labute approximate surface area is 121 Å². The standard InChI is InChI=1S/C14H27N5O/c1-3-18(4-2)14(20)9-7-11-19-12-13(16-17-19)8-5-6-10-15/h12H,3-11,15H2,1-2H3. The van der Waals surface area contributed by atoms with Crippen molar-refractivity contribution >= 4 is 5.91 Å². The molecule has 1 aromatic heterocycles. The van der Waals surface area contributed by atoms with Gasteiger partial charge >= 0.3 is 0 Å². The summed E-state index contributed by atoms with van der Waals surface area (Å²) in [5.41, 5.74) is 6.47. The van der Waals surface area contributed by atoms with E-state index in [1.807, 2.05) is 29.6 Å². The normalized spacial score (nSPS) is 10.8. The van der Waals surface area contributed by atoms with Crippen molar-refractivity contribution in [1.29, 1.82) is 0 Å². The van der Waals surface area contributed by atoms with E-state index in [4.69, 9.17) is 5.73 Å². The van der Waals surface area contributed by atoms with Crippen LogP contribution in [-0.4, -0.2) is 45.4 Å². The fourth-order valence-electron chi connectivity index (χ4n) is 2.14. The lowest BCUT2D eigenvalue weighted by molar-refractivity contribution is -0.130. The van der Waals surface area contributed by atoms with E-state index in [1.165, 1.54) is 0 Å². The molecular weight excluding hydrogens is 254 g/mol. The van der Waals surface area contributed by atoms with Crippen molar-refractivity contribution in [2.75, 3.05) is 19.6 Å². The van der Waals surface area contributed by atoms with Crippen LogP contribution in [0.3, 0.4) is 0 Å². The SMILES string of the molecule is CCN(CC)C(=O)CCCn1cc(CCCCN)nn1. The number of amides is 1. The van der Waals surface area contributed by atoms with Crippen molar-refractivity contribution in [2.24, 2.45) is 5.73 Å². The number of hydrogen-bond donors (Lipinski definition) is 1. The van der Waals surface area contributed by atoms with E-state index in [0.29, 0.717) is 6.42 Å². The summed E-state index contributed by atoms with van der Waals surface area (Å²) < 4.78 is 1.83. The number of rotatable bonds is 10. The van der Waals surface area contributed by atoms with Crippen LogP contribution >= 0.6 is 0 Å². The fraction of sp³-hybridized carbons (Fsp3) is 0.786. The van der Waals surface area contributed by atoms with Crippen LogP contribution in [0.15, 0.2) is 6.20 Å². The Balaban J connectivity index is 2.26. The molecule has 0 spiro atoms. The molecule has 0 saturated carbocycles. The van der Waals surface area contributed by atoms with E-state index in [-0.39, 0.29) is 5.91 Å². The van der Waals surface area contributed by atoms with Gasteiger partial charge in [-0.3, -0.25) is 9.48 Å². The first-order valence-electron chi connectivity index (χ1n) is 7.58. The van der Waals surface area contributed by atoms with Crippen LogP contribution in [-0.2, 0) is 17.8 Å². The molecule has 0 bridgehead atoms. The number of hydrogen-bond acceptors (Lipinski definition) is 4. The second kappa shape index (κ2) is 9.47. The van der Waals surface area contributed by atoms with E-state index >= 15 is 0 Å². The zero-order valence-corrected chi connectivity index (χ0v) is 12.7. The highest BCUT2D eigenvalue weighted by Crippen LogP contribution is 2.03.